The summed E-state index contributed by atoms with van der Waals surface area (Å²) in [6.07, 6.45) is 3.34. The SMILES string of the molecule is CC1N(c2ccc(O)cc2)CC2C3=c4c5c6c7c(cc8cc9cc%10cc%11cc%12c%13c(c4c4c5c5c7c8c7c9c%10c8c%11c%13c4c8c75)=C(C3)C%12)CC621. The van der Waals surface area contributed by atoms with E-state index in [1.807, 2.05) is 12.1 Å². The van der Waals surface area contributed by atoms with E-state index < -0.39 is 0 Å². The van der Waals surface area contributed by atoms with Gasteiger partial charge in [0.05, 0.1) is 0 Å². The van der Waals surface area contributed by atoms with Crippen LogP contribution in [0.2, 0.25) is 0 Å². The summed E-state index contributed by atoms with van der Waals surface area (Å²) in [4.78, 5) is 2.72. The Hall–Kier alpha value is -5.60. The Morgan fingerprint density at radius 2 is 1.12 bits per heavy atom. The van der Waals surface area contributed by atoms with Gasteiger partial charge in [0.1, 0.15) is 5.75 Å². The molecule has 1 spiro atoms. The van der Waals surface area contributed by atoms with Gasteiger partial charge in [-0.2, -0.15) is 0 Å². The number of anilines is 1. The number of aromatic hydroxyl groups is 1. The number of hydrogen-bond donors (Lipinski definition) is 1. The molecular formula is C48H23NO. The Kier molecular flexibility index (Phi) is 2.60. The Morgan fingerprint density at radius 1 is 0.560 bits per heavy atom. The van der Waals surface area contributed by atoms with Crippen molar-refractivity contribution in [3.8, 4) is 5.75 Å². The standard InChI is InChI=1S/C48H23NO/c1-15-48-13-22-11-20-9-17-6-16-7-19-8-18-10-21-12-25(26(48)14-49(15)23-2-4-24(50)5-3-23)34-39-30(21)29(18)36-31(19)35-27(16)28(17)37-32(20)38-33(22)47(48)46(34)45-43(38)41(37)40(35)42(36)44(39)45/h2-9,11,15,26,50H,10,12-14H2,1H3. The molecule has 1 N–H and O–H groups in total. The highest BCUT2D eigenvalue weighted by Gasteiger charge is 2.61. The van der Waals surface area contributed by atoms with Crippen molar-refractivity contribution in [1.82, 2.24) is 0 Å². The summed E-state index contributed by atoms with van der Waals surface area (Å²) in [7, 11) is 0. The van der Waals surface area contributed by atoms with E-state index in [1.54, 1.807) is 124 Å². The Bertz CT molecular complexity index is 3960. The van der Waals surface area contributed by atoms with Crippen LogP contribution in [0.3, 0.4) is 0 Å². The van der Waals surface area contributed by atoms with Crippen molar-refractivity contribution in [2.75, 3.05) is 11.4 Å². The zero-order chi connectivity index (χ0) is 31.3. The molecule has 50 heavy (non-hydrogen) atoms. The van der Waals surface area contributed by atoms with Gasteiger partial charge in [0.25, 0.3) is 0 Å². The third kappa shape index (κ3) is 1.63. The Balaban J connectivity index is 1.23. The highest BCUT2D eigenvalue weighted by Crippen LogP contribution is 2.68. The van der Waals surface area contributed by atoms with Crippen LogP contribution in [0.25, 0.3) is 130 Å². The summed E-state index contributed by atoms with van der Waals surface area (Å²) in [6, 6.07) is 21.4. The predicted molar refractivity (Wildman–Crippen MR) is 208 cm³/mol. The van der Waals surface area contributed by atoms with Crippen molar-refractivity contribution in [3.05, 3.63) is 81.7 Å². The van der Waals surface area contributed by atoms with Crippen molar-refractivity contribution in [2.24, 2.45) is 5.92 Å². The van der Waals surface area contributed by atoms with Crippen molar-refractivity contribution in [2.45, 2.75) is 37.6 Å². The average molecular weight is 630 g/mol. The first-order chi connectivity index (χ1) is 24.6. The smallest absolute Gasteiger partial charge is 0.115 e. The van der Waals surface area contributed by atoms with E-state index in [-0.39, 0.29) is 5.41 Å². The molecule has 4 aliphatic carbocycles. The van der Waals surface area contributed by atoms with E-state index in [4.69, 9.17) is 0 Å². The van der Waals surface area contributed by atoms with Crippen molar-refractivity contribution >= 4 is 135 Å². The third-order valence-electron chi connectivity index (χ3n) is 16.4. The molecule has 226 valence electrons. The van der Waals surface area contributed by atoms with Crippen LogP contribution in [0.15, 0.2) is 54.6 Å². The first-order valence-electron chi connectivity index (χ1n) is 18.7. The van der Waals surface area contributed by atoms with Gasteiger partial charge in [-0.05, 0) is 214 Å². The maximum Gasteiger partial charge on any atom is 0.115 e. The van der Waals surface area contributed by atoms with Crippen LogP contribution >= 0.6 is 0 Å². The van der Waals surface area contributed by atoms with Crippen LogP contribution in [0.4, 0.5) is 5.69 Å². The second-order valence-electron chi connectivity index (χ2n) is 17.6. The minimum absolute atomic E-state index is 0.0251. The maximum absolute atomic E-state index is 10.3. The molecule has 18 rings (SSSR count). The van der Waals surface area contributed by atoms with Gasteiger partial charge in [-0.3, -0.25) is 0 Å². The van der Waals surface area contributed by atoms with Crippen LogP contribution < -0.4 is 15.3 Å². The number of phenolic OH excluding ortho intramolecular Hbond substituents is 1. The van der Waals surface area contributed by atoms with Gasteiger partial charge in [0.2, 0.25) is 0 Å². The normalized spacial score (nSPS) is 24.2. The summed E-state index contributed by atoms with van der Waals surface area (Å²) in [5.41, 5.74) is 9.60. The van der Waals surface area contributed by atoms with Crippen molar-refractivity contribution < 1.29 is 5.11 Å². The lowest BCUT2D eigenvalue weighted by atomic mass is 9.61. The highest BCUT2D eigenvalue weighted by atomic mass is 16.3. The number of phenols is 1. The van der Waals surface area contributed by atoms with Gasteiger partial charge in [0.15, 0.2) is 0 Å². The number of fused-ring (bicyclic) bond motifs is 1. The molecule has 1 fully saturated rings. The fourth-order valence-electron chi connectivity index (χ4n) is 15.2. The molecular weight excluding hydrogens is 607 g/mol. The number of hydrogen-bond acceptors (Lipinski definition) is 2. The number of nitrogens with zero attached hydrogens (tertiary/aromatic N) is 1. The summed E-state index contributed by atoms with van der Waals surface area (Å²) in [6.45, 7) is 3.58. The molecule has 0 aromatic heterocycles. The number of rotatable bonds is 1. The van der Waals surface area contributed by atoms with Crippen LogP contribution in [-0.4, -0.2) is 17.7 Å². The first-order valence-corrected chi connectivity index (χ1v) is 18.7. The minimum atomic E-state index is 0.0251. The molecule has 3 unspecified atom stereocenters. The summed E-state index contributed by atoms with van der Waals surface area (Å²) >= 11 is 0. The molecule has 13 aromatic rings. The van der Waals surface area contributed by atoms with E-state index in [0.29, 0.717) is 17.7 Å². The molecule has 0 radical (unpaired) electrons. The third-order valence-corrected chi connectivity index (χ3v) is 16.4. The minimum Gasteiger partial charge on any atom is -0.508 e. The van der Waals surface area contributed by atoms with Gasteiger partial charge >= 0.3 is 0 Å². The monoisotopic (exact) mass is 629 g/mol. The molecule has 5 aliphatic rings. The summed E-state index contributed by atoms with van der Waals surface area (Å²) in [5.74, 6) is 0.808. The largest absolute Gasteiger partial charge is 0.508 e. The number of benzene rings is 9. The fraction of sp³-hybridized carbons (Fsp3) is 0.167. The van der Waals surface area contributed by atoms with E-state index in [9.17, 15) is 5.11 Å². The zero-order valence-corrected chi connectivity index (χ0v) is 27.1. The molecule has 0 amide bonds. The van der Waals surface area contributed by atoms with Gasteiger partial charge in [-0.1, -0.05) is 23.3 Å². The second-order valence-corrected chi connectivity index (χ2v) is 17.6. The Morgan fingerprint density at radius 3 is 1.84 bits per heavy atom. The Labute approximate surface area is 282 Å². The summed E-state index contributed by atoms with van der Waals surface area (Å²) in [5, 5.41) is 48.2. The van der Waals surface area contributed by atoms with E-state index >= 15 is 0 Å². The van der Waals surface area contributed by atoms with Crippen LogP contribution in [0.1, 0.15) is 30.0 Å². The van der Waals surface area contributed by atoms with Crippen molar-refractivity contribution in [3.63, 3.8) is 0 Å². The lowest BCUT2D eigenvalue weighted by molar-refractivity contribution is 0.359. The van der Waals surface area contributed by atoms with Crippen LogP contribution in [0.5, 0.6) is 5.75 Å². The van der Waals surface area contributed by atoms with Crippen LogP contribution in [0, 0.1) is 5.92 Å². The second kappa shape index (κ2) is 5.86. The van der Waals surface area contributed by atoms with Crippen LogP contribution in [-0.2, 0) is 18.3 Å². The van der Waals surface area contributed by atoms with Gasteiger partial charge in [0, 0.05) is 29.6 Å². The fourth-order valence-corrected chi connectivity index (χ4v) is 15.2. The molecule has 3 atom stereocenters. The van der Waals surface area contributed by atoms with E-state index in [0.717, 1.165) is 25.8 Å². The molecule has 1 saturated heterocycles. The van der Waals surface area contributed by atoms with Gasteiger partial charge < -0.3 is 10.0 Å². The van der Waals surface area contributed by atoms with Gasteiger partial charge in [-0.15, -0.1) is 0 Å². The molecule has 2 nitrogen and oxygen atoms in total. The predicted octanol–water partition coefficient (Wildman–Crippen LogP) is 9.61. The first kappa shape index (κ1) is 22.2. The van der Waals surface area contributed by atoms with E-state index in [2.05, 4.69) is 54.3 Å². The lowest BCUT2D eigenvalue weighted by Crippen LogP contribution is -2.46. The summed E-state index contributed by atoms with van der Waals surface area (Å²) < 4.78 is 0. The molecule has 0 saturated carbocycles. The van der Waals surface area contributed by atoms with Gasteiger partial charge in [-0.25, -0.2) is 0 Å². The topological polar surface area (TPSA) is 23.5 Å². The molecule has 13 aromatic carbocycles. The maximum atomic E-state index is 10.3. The van der Waals surface area contributed by atoms with E-state index in [1.165, 1.54) is 38.0 Å². The lowest BCUT2D eigenvalue weighted by Gasteiger charge is -2.41. The zero-order valence-electron chi connectivity index (χ0n) is 27.1. The molecule has 2 heteroatoms. The molecule has 0 bridgehead atoms. The highest BCUT2D eigenvalue weighted by molar-refractivity contribution is 6.63. The molecule has 1 aliphatic heterocycles. The molecule has 1 heterocycles. The van der Waals surface area contributed by atoms with Crippen molar-refractivity contribution in [1.29, 1.82) is 0 Å². The quantitative estimate of drug-likeness (QED) is 0.183. The average Bonchev–Trinajstić information content (AvgIpc) is 3.96.